The van der Waals surface area contributed by atoms with Gasteiger partial charge in [-0.2, -0.15) is 0 Å². The van der Waals surface area contributed by atoms with E-state index in [2.05, 4.69) is 16.8 Å². The molecule has 12 heavy (non-hydrogen) atoms. The minimum atomic E-state index is -1.33. The highest BCUT2D eigenvalue weighted by Crippen LogP contribution is 2.06. The Labute approximate surface area is 71.9 Å². The molecule has 1 rings (SSSR count). The number of carboxylic acid groups (broad SMARTS) is 1. The Morgan fingerprint density at radius 1 is 1.75 bits per heavy atom. The molecular weight excluding hydrogens is 178 g/mol. The summed E-state index contributed by atoms with van der Waals surface area (Å²) < 4.78 is 0. The molecule has 0 amide bonds. The van der Waals surface area contributed by atoms with Crippen LogP contribution in [0.4, 0.5) is 0 Å². The molecule has 0 fully saturated rings. The average molecular weight is 180 g/mol. The van der Waals surface area contributed by atoms with Gasteiger partial charge in [0.25, 0.3) is 0 Å². The van der Waals surface area contributed by atoms with Crippen LogP contribution in [0, 0.1) is 11.8 Å². The minimum Gasteiger partial charge on any atom is -0.542 e. The van der Waals surface area contributed by atoms with Gasteiger partial charge >= 0.3 is 0 Å². The summed E-state index contributed by atoms with van der Waals surface area (Å²) in [6.45, 7) is 0. The number of hydrogen-bond acceptors (Lipinski definition) is 5. The molecule has 4 nitrogen and oxygen atoms in total. The smallest absolute Gasteiger partial charge is 0.193 e. The van der Waals surface area contributed by atoms with Crippen molar-refractivity contribution in [2.75, 3.05) is 0 Å². The number of thiazole rings is 1. The van der Waals surface area contributed by atoms with Crippen LogP contribution < -0.4 is 5.11 Å². The summed E-state index contributed by atoms with van der Waals surface area (Å²) in [4.78, 5) is 23.6. The standard InChI is InChI=1S/C7H3NO3S/c9-3-1-2-5-4-12-6(8-5)7(10)11/h3-4H,(H,10,11)/p-1. The SMILES string of the molecule is O=CC#Cc1csc(C(=O)[O-])n1. The van der Waals surface area contributed by atoms with Crippen LogP contribution in [0.1, 0.15) is 15.5 Å². The van der Waals surface area contributed by atoms with Crippen molar-refractivity contribution in [3.8, 4) is 11.8 Å². The summed E-state index contributed by atoms with van der Waals surface area (Å²) in [5, 5.41) is 11.5. The Morgan fingerprint density at radius 3 is 3.00 bits per heavy atom. The topological polar surface area (TPSA) is 70.1 Å². The molecule has 1 aromatic heterocycles. The lowest BCUT2D eigenvalue weighted by molar-refractivity contribution is -0.255. The molecule has 60 valence electrons. The van der Waals surface area contributed by atoms with E-state index in [9.17, 15) is 14.7 Å². The Hall–Kier alpha value is -1.67. The summed E-state index contributed by atoms with van der Waals surface area (Å²) in [6.07, 6.45) is 0.415. The second-order valence-corrected chi connectivity index (χ2v) is 2.57. The van der Waals surface area contributed by atoms with E-state index in [0.29, 0.717) is 6.29 Å². The first kappa shape index (κ1) is 8.43. The van der Waals surface area contributed by atoms with Crippen LogP contribution >= 0.6 is 11.3 Å². The van der Waals surface area contributed by atoms with E-state index in [1.54, 1.807) is 0 Å². The van der Waals surface area contributed by atoms with E-state index in [1.165, 1.54) is 5.38 Å². The van der Waals surface area contributed by atoms with Gasteiger partial charge in [-0.15, -0.1) is 11.3 Å². The first-order valence-corrected chi connectivity index (χ1v) is 3.74. The first-order chi connectivity index (χ1) is 5.74. The third-order valence-corrected chi connectivity index (χ3v) is 1.76. The van der Waals surface area contributed by atoms with Crippen LogP contribution in [0.5, 0.6) is 0 Å². The van der Waals surface area contributed by atoms with Crippen molar-refractivity contribution in [1.82, 2.24) is 4.98 Å². The third kappa shape index (κ3) is 1.90. The number of carbonyl (C=O) groups is 2. The first-order valence-electron chi connectivity index (χ1n) is 2.86. The number of carbonyl (C=O) groups excluding carboxylic acids is 2. The van der Waals surface area contributed by atoms with Gasteiger partial charge in [-0.3, -0.25) is 4.79 Å². The van der Waals surface area contributed by atoms with Crippen molar-refractivity contribution in [3.05, 3.63) is 16.1 Å². The molecule has 0 N–H and O–H groups in total. The lowest BCUT2D eigenvalue weighted by Gasteiger charge is -1.90. The lowest BCUT2D eigenvalue weighted by atomic mass is 10.5. The number of hydrogen-bond donors (Lipinski definition) is 0. The van der Waals surface area contributed by atoms with Crippen molar-refractivity contribution in [1.29, 1.82) is 0 Å². The van der Waals surface area contributed by atoms with Gasteiger partial charge in [-0.1, -0.05) is 0 Å². The summed E-state index contributed by atoms with van der Waals surface area (Å²) in [6, 6.07) is 0. The summed E-state index contributed by atoms with van der Waals surface area (Å²) >= 11 is 0.917. The van der Waals surface area contributed by atoms with Gasteiger partial charge < -0.3 is 9.90 Å². The maximum absolute atomic E-state index is 10.2. The van der Waals surface area contributed by atoms with Crippen LogP contribution in [0.25, 0.3) is 0 Å². The van der Waals surface area contributed by atoms with Gasteiger partial charge in [0.2, 0.25) is 0 Å². The van der Waals surface area contributed by atoms with Gasteiger partial charge in [-0.05, 0) is 11.8 Å². The van der Waals surface area contributed by atoms with Gasteiger partial charge in [0.05, 0.1) is 0 Å². The van der Waals surface area contributed by atoms with Crippen LogP contribution in [0.15, 0.2) is 5.38 Å². The molecule has 0 radical (unpaired) electrons. The summed E-state index contributed by atoms with van der Waals surface area (Å²) in [5.41, 5.74) is 0.270. The molecule has 0 aliphatic heterocycles. The van der Waals surface area contributed by atoms with Crippen LogP contribution in [0.3, 0.4) is 0 Å². The molecule has 1 aromatic rings. The number of carboxylic acids is 1. The van der Waals surface area contributed by atoms with E-state index in [4.69, 9.17) is 0 Å². The van der Waals surface area contributed by atoms with Crippen LogP contribution in [-0.4, -0.2) is 17.2 Å². The quantitative estimate of drug-likeness (QED) is 0.413. The predicted octanol–water partition coefficient (Wildman–Crippen LogP) is -0.943. The van der Waals surface area contributed by atoms with E-state index in [1.807, 2.05) is 0 Å². The monoisotopic (exact) mass is 180 g/mol. The molecule has 0 unspecified atom stereocenters. The van der Waals surface area contributed by atoms with Gasteiger partial charge in [-0.25, -0.2) is 4.98 Å². The average Bonchev–Trinajstić information content (AvgIpc) is 2.48. The molecule has 0 saturated carbocycles. The zero-order chi connectivity index (χ0) is 8.97. The van der Waals surface area contributed by atoms with Crippen molar-refractivity contribution in [2.24, 2.45) is 0 Å². The highest BCUT2D eigenvalue weighted by Gasteiger charge is 1.98. The molecule has 0 aliphatic rings. The fraction of sp³-hybridized carbons (Fsp3) is 0. The maximum Gasteiger partial charge on any atom is 0.193 e. The largest absolute Gasteiger partial charge is 0.542 e. The number of rotatable bonds is 1. The van der Waals surface area contributed by atoms with Crippen LogP contribution in [0.2, 0.25) is 0 Å². The summed E-state index contributed by atoms with van der Waals surface area (Å²) in [5.74, 6) is 3.14. The van der Waals surface area contributed by atoms with Gasteiger partial charge in [0, 0.05) is 5.38 Å². The highest BCUT2D eigenvalue weighted by molar-refractivity contribution is 7.11. The molecule has 1 heterocycles. The highest BCUT2D eigenvalue weighted by atomic mass is 32.1. The zero-order valence-corrected chi connectivity index (χ0v) is 6.55. The van der Waals surface area contributed by atoms with E-state index >= 15 is 0 Å². The van der Waals surface area contributed by atoms with E-state index < -0.39 is 5.97 Å². The molecule has 0 bridgehead atoms. The van der Waals surface area contributed by atoms with Crippen molar-refractivity contribution in [2.45, 2.75) is 0 Å². The van der Waals surface area contributed by atoms with Crippen molar-refractivity contribution in [3.63, 3.8) is 0 Å². The van der Waals surface area contributed by atoms with Crippen molar-refractivity contribution >= 4 is 23.6 Å². The predicted molar refractivity (Wildman–Crippen MR) is 39.4 cm³/mol. The molecule has 5 heteroatoms. The van der Waals surface area contributed by atoms with E-state index in [-0.39, 0.29) is 10.7 Å². The Bertz CT molecular complexity index is 371. The number of aromatic nitrogens is 1. The van der Waals surface area contributed by atoms with Crippen molar-refractivity contribution < 1.29 is 14.7 Å². The Kier molecular flexibility index (Phi) is 2.56. The fourth-order valence-electron chi connectivity index (χ4n) is 0.528. The van der Waals surface area contributed by atoms with Gasteiger partial charge in [0.1, 0.15) is 16.7 Å². The molecule has 0 spiro atoms. The zero-order valence-electron chi connectivity index (χ0n) is 5.73. The lowest BCUT2D eigenvalue weighted by Crippen LogP contribution is -2.21. The number of aromatic carboxylic acids is 1. The minimum absolute atomic E-state index is 0.134. The molecule has 0 saturated heterocycles. The fourth-order valence-corrected chi connectivity index (χ4v) is 1.11. The molecule has 0 aromatic carbocycles. The summed E-state index contributed by atoms with van der Waals surface area (Å²) in [7, 11) is 0. The second-order valence-electron chi connectivity index (χ2n) is 1.71. The second kappa shape index (κ2) is 3.64. The Morgan fingerprint density at radius 2 is 2.50 bits per heavy atom. The normalized spacial score (nSPS) is 8.33. The molecular formula is C7H2NO3S-. The maximum atomic E-state index is 10.2. The van der Waals surface area contributed by atoms with E-state index in [0.717, 1.165) is 11.3 Å². The molecule has 0 atom stereocenters. The number of aldehydes is 1. The Balaban J connectivity index is 2.91. The number of nitrogens with zero attached hydrogens (tertiary/aromatic N) is 1. The van der Waals surface area contributed by atoms with Gasteiger partial charge in [0.15, 0.2) is 6.29 Å². The third-order valence-electron chi connectivity index (χ3n) is 0.938. The van der Waals surface area contributed by atoms with Crippen LogP contribution in [-0.2, 0) is 4.79 Å². The molecule has 0 aliphatic carbocycles.